The van der Waals surface area contributed by atoms with Crippen molar-refractivity contribution in [2.24, 2.45) is 17.8 Å². The summed E-state index contributed by atoms with van der Waals surface area (Å²) < 4.78 is 0. The van der Waals surface area contributed by atoms with Crippen molar-refractivity contribution in [2.45, 2.75) is 64.4 Å². The second-order valence-electron chi connectivity index (χ2n) is 5.59. The van der Waals surface area contributed by atoms with Gasteiger partial charge in [0.05, 0.1) is 6.10 Å². The molecule has 2 rings (SSSR count). The van der Waals surface area contributed by atoms with Gasteiger partial charge in [-0.3, -0.25) is 4.79 Å². The summed E-state index contributed by atoms with van der Waals surface area (Å²) in [4.78, 5) is 11.9. The van der Waals surface area contributed by atoms with E-state index in [9.17, 15) is 9.90 Å². The molecular weight excluding hydrogens is 200 g/mol. The summed E-state index contributed by atoms with van der Waals surface area (Å²) in [5.74, 6) is 1.14. The van der Waals surface area contributed by atoms with Gasteiger partial charge in [0, 0.05) is 12.3 Å². The Morgan fingerprint density at radius 2 is 1.94 bits per heavy atom. The average Bonchev–Trinajstić information content (AvgIpc) is 2.70. The smallest absolute Gasteiger partial charge is 0.138 e. The second-order valence-corrected chi connectivity index (χ2v) is 5.59. The van der Waals surface area contributed by atoms with E-state index in [2.05, 4.69) is 6.92 Å². The quantitative estimate of drug-likeness (QED) is 0.800. The monoisotopic (exact) mass is 224 g/mol. The van der Waals surface area contributed by atoms with Crippen LogP contribution in [0.15, 0.2) is 0 Å². The van der Waals surface area contributed by atoms with Gasteiger partial charge >= 0.3 is 0 Å². The van der Waals surface area contributed by atoms with E-state index >= 15 is 0 Å². The third-order valence-corrected chi connectivity index (χ3v) is 4.67. The van der Waals surface area contributed by atoms with E-state index in [1.54, 1.807) is 0 Å². The van der Waals surface area contributed by atoms with Gasteiger partial charge in [0.2, 0.25) is 0 Å². The molecule has 1 N–H and O–H groups in total. The van der Waals surface area contributed by atoms with Gasteiger partial charge in [-0.05, 0) is 31.1 Å². The van der Waals surface area contributed by atoms with Crippen molar-refractivity contribution < 1.29 is 9.90 Å². The number of ketones is 1. The number of hydrogen-bond acceptors (Lipinski definition) is 2. The Labute approximate surface area is 98.4 Å². The maximum absolute atomic E-state index is 11.9. The molecule has 2 fully saturated rings. The van der Waals surface area contributed by atoms with E-state index in [0.29, 0.717) is 24.0 Å². The zero-order valence-electron chi connectivity index (χ0n) is 10.3. The summed E-state index contributed by atoms with van der Waals surface area (Å²) in [5, 5.41) is 10.4. The lowest BCUT2D eigenvalue weighted by atomic mass is 9.76. The minimum Gasteiger partial charge on any atom is -0.392 e. The van der Waals surface area contributed by atoms with Crippen LogP contribution in [0.3, 0.4) is 0 Å². The number of carbonyl (C=O) groups is 1. The largest absolute Gasteiger partial charge is 0.392 e. The second kappa shape index (κ2) is 5.31. The summed E-state index contributed by atoms with van der Waals surface area (Å²) in [6, 6.07) is 0. The molecule has 0 aromatic rings. The van der Waals surface area contributed by atoms with Crippen molar-refractivity contribution in [1.29, 1.82) is 0 Å². The van der Waals surface area contributed by atoms with E-state index < -0.39 is 0 Å². The molecule has 0 bridgehead atoms. The predicted octanol–water partition coefficient (Wildman–Crippen LogP) is 2.93. The summed E-state index contributed by atoms with van der Waals surface area (Å²) in [6.45, 7) is 2.14. The van der Waals surface area contributed by atoms with Crippen molar-refractivity contribution in [2.75, 3.05) is 0 Å². The average molecular weight is 224 g/mol. The maximum Gasteiger partial charge on any atom is 0.138 e. The molecule has 92 valence electrons. The first-order valence-corrected chi connectivity index (χ1v) is 6.94. The number of aliphatic hydroxyl groups is 1. The van der Waals surface area contributed by atoms with E-state index in [4.69, 9.17) is 0 Å². The van der Waals surface area contributed by atoms with Crippen molar-refractivity contribution in [3.05, 3.63) is 0 Å². The molecule has 2 heteroatoms. The van der Waals surface area contributed by atoms with Gasteiger partial charge in [0.15, 0.2) is 0 Å². The Balaban J connectivity index is 2.00. The van der Waals surface area contributed by atoms with Crippen LogP contribution in [-0.2, 0) is 4.79 Å². The van der Waals surface area contributed by atoms with Crippen LogP contribution in [0.1, 0.15) is 58.3 Å². The van der Waals surface area contributed by atoms with Crippen molar-refractivity contribution in [3.8, 4) is 0 Å². The van der Waals surface area contributed by atoms with Crippen LogP contribution in [0.25, 0.3) is 0 Å². The number of rotatable bonds is 3. The molecule has 0 aromatic carbocycles. The number of carbonyl (C=O) groups excluding carboxylic acids is 1. The fourth-order valence-corrected chi connectivity index (χ4v) is 3.63. The molecule has 16 heavy (non-hydrogen) atoms. The summed E-state index contributed by atoms with van der Waals surface area (Å²) in [7, 11) is 0. The Kier molecular flexibility index (Phi) is 4.01. The summed E-state index contributed by atoms with van der Waals surface area (Å²) in [5.41, 5.74) is 0. The normalized spacial score (nSPS) is 34.2. The Hall–Kier alpha value is -0.370. The molecule has 0 radical (unpaired) electrons. The highest BCUT2D eigenvalue weighted by atomic mass is 16.3. The van der Waals surface area contributed by atoms with Crippen LogP contribution in [0.2, 0.25) is 0 Å². The van der Waals surface area contributed by atoms with Gasteiger partial charge in [-0.1, -0.05) is 32.6 Å². The molecule has 2 saturated carbocycles. The Morgan fingerprint density at radius 3 is 2.56 bits per heavy atom. The molecule has 2 aliphatic carbocycles. The highest BCUT2D eigenvalue weighted by molar-refractivity contribution is 5.84. The molecule has 0 spiro atoms. The maximum atomic E-state index is 11.9. The van der Waals surface area contributed by atoms with Gasteiger partial charge in [0.25, 0.3) is 0 Å². The zero-order valence-corrected chi connectivity index (χ0v) is 10.3. The number of Topliss-reactive ketones (excluding diaryl/α,β-unsaturated/α-hetero) is 1. The first kappa shape index (κ1) is 12.1. The Morgan fingerprint density at radius 1 is 1.25 bits per heavy atom. The van der Waals surface area contributed by atoms with Crippen LogP contribution in [0, 0.1) is 17.8 Å². The Bertz CT molecular complexity index is 243. The van der Waals surface area contributed by atoms with E-state index in [1.165, 1.54) is 19.3 Å². The van der Waals surface area contributed by atoms with Gasteiger partial charge in [-0.25, -0.2) is 0 Å². The molecule has 3 atom stereocenters. The van der Waals surface area contributed by atoms with E-state index in [1.807, 2.05) is 0 Å². The SMILES string of the molecule is CC[C@@H]1CCC(=O)[C@H]1[C@H](O)C1CCCCC1. The highest BCUT2D eigenvalue weighted by Crippen LogP contribution is 2.39. The minimum absolute atomic E-state index is 0.0342. The first-order chi connectivity index (χ1) is 7.74. The molecule has 0 unspecified atom stereocenters. The minimum atomic E-state index is -0.347. The molecule has 0 heterocycles. The third-order valence-electron chi connectivity index (χ3n) is 4.67. The standard InChI is InChI=1S/C14H24O2/c1-2-10-8-9-12(15)13(10)14(16)11-6-4-3-5-7-11/h10-11,13-14,16H,2-9H2,1H3/t10-,13+,14-/m1/s1. The lowest BCUT2D eigenvalue weighted by Gasteiger charge is -2.32. The van der Waals surface area contributed by atoms with Crippen LogP contribution in [0.5, 0.6) is 0 Å². The fourth-order valence-electron chi connectivity index (χ4n) is 3.63. The number of hydrogen-bond donors (Lipinski definition) is 1. The molecule has 2 nitrogen and oxygen atoms in total. The third kappa shape index (κ3) is 2.32. The van der Waals surface area contributed by atoms with Crippen LogP contribution < -0.4 is 0 Å². The van der Waals surface area contributed by atoms with Crippen LogP contribution >= 0.6 is 0 Å². The number of aliphatic hydroxyl groups excluding tert-OH is 1. The van der Waals surface area contributed by atoms with Crippen molar-refractivity contribution >= 4 is 5.78 Å². The van der Waals surface area contributed by atoms with Gasteiger partial charge < -0.3 is 5.11 Å². The van der Waals surface area contributed by atoms with Crippen LogP contribution in [-0.4, -0.2) is 17.0 Å². The van der Waals surface area contributed by atoms with Gasteiger partial charge in [-0.2, -0.15) is 0 Å². The molecule has 0 amide bonds. The van der Waals surface area contributed by atoms with Crippen molar-refractivity contribution in [1.82, 2.24) is 0 Å². The molecule has 2 aliphatic rings. The predicted molar refractivity (Wildman–Crippen MR) is 64.1 cm³/mol. The molecule has 0 aromatic heterocycles. The van der Waals surface area contributed by atoms with E-state index in [-0.39, 0.29) is 12.0 Å². The summed E-state index contributed by atoms with van der Waals surface area (Å²) >= 11 is 0. The first-order valence-electron chi connectivity index (χ1n) is 6.94. The topological polar surface area (TPSA) is 37.3 Å². The molecular formula is C14H24O2. The van der Waals surface area contributed by atoms with Crippen LogP contribution in [0.4, 0.5) is 0 Å². The van der Waals surface area contributed by atoms with Gasteiger partial charge in [-0.15, -0.1) is 0 Å². The van der Waals surface area contributed by atoms with Gasteiger partial charge in [0.1, 0.15) is 5.78 Å². The molecule has 0 saturated heterocycles. The van der Waals surface area contributed by atoms with Crippen molar-refractivity contribution in [3.63, 3.8) is 0 Å². The lowest BCUT2D eigenvalue weighted by Crippen LogP contribution is -2.36. The highest BCUT2D eigenvalue weighted by Gasteiger charge is 2.41. The fraction of sp³-hybridized carbons (Fsp3) is 0.929. The lowest BCUT2D eigenvalue weighted by molar-refractivity contribution is -0.126. The molecule has 0 aliphatic heterocycles. The zero-order chi connectivity index (χ0) is 11.5. The summed E-state index contributed by atoms with van der Waals surface area (Å²) in [6.07, 6.45) is 8.43. The van der Waals surface area contributed by atoms with E-state index in [0.717, 1.165) is 25.7 Å².